The summed E-state index contributed by atoms with van der Waals surface area (Å²) in [6.07, 6.45) is 3.48. The molecule has 0 aliphatic carbocycles. The van der Waals surface area contributed by atoms with E-state index in [0.717, 1.165) is 32.5 Å². The van der Waals surface area contributed by atoms with Crippen molar-refractivity contribution in [3.05, 3.63) is 0 Å². The second-order valence-electron chi connectivity index (χ2n) is 5.59. The monoisotopic (exact) mass is 267 g/mol. The molecule has 1 saturated heterocycles. The molecule has 0 aromatic carbocycles. The van der Waals surface area contributed by atoms with Gasteiger partial charge in [0.15, 0.2) is 0 Å². The maximum absolute atomic E-state index is 6.15. The molecule has 1 aliphatic heterocycles. The van der Waals surface area contributed by atoms with Gasteiger partial charge >= 0.3 is 0 Å². The van der Waals surface area contributed by atoms with Crippen LogP contribution in [0.15, 0.2) is 0 Å². The van der Waals surface area contributed by atoms with Crippen LogP contribution in [-0.4, -0.2) is 44.6 Å². The molecule has 19 heavy (non-hydrogen) atoms. The highest BCUT2D eigenvalue weighted by Crippen LogP contribution is 2.35. The molecular weight excluding hydrogens is 233 g/mol. The van der Waals surface area contributed by atoms with Crippen LogP contribution in [0.5, 0.6) is 0 Å². The van der Waals surface area contributed by atoms with E-state index in [2.05, 4.69) is 39.6 Å². The first kappa shape index (κ1) is 19.0. The van der Waals surface area contributed by atoms with Crippen LogP contribution in [0.2, 0.25) is 5.82 Å². The van der Waals surface area contributed by atoms with Crippen molar-refractivity contribution >= 4 is 7.85 Å². The summed E-state index contributed by atoms with van der Waals surface area (Å²) in [7, 11) is 8.40. The topological polar surface area (TPSA) is 12.5 Å². The second kappa shape index (κ2) is 9.02. The zero-order chi connectivity index (χ0) is 15.1. The van der Waals surface area contributed by atoms with Crippen LogP contribution in [-0.2, 0) is 4.74 Å². The lowest BCUT2D eigenvalue weighted by atomic mass is 9.71. The number of rotatable bonds is 7. The summed E-state index contributed by atoms with van der Waals surface area (Å²) < 4.78 is 5.45. The average Bonchev–Trinajstić information content (AvgIpc) is 2.36. The van der Waals surface area contributed by atoms with Gasteiger partial charge in [-0.15, -0.1) is 0 Å². The molecule has 1 fully saturated rings. The summed E-state index contributed by atoms with van der Waals surface area (Å²) in [5, 5.41) is 0. The summed E-state index contributed by atoms with van der Waals surface area (Å²) in [5.41, 5.74) is 0.267. The minimum absolute atomic E-state index is 0.266. The van der Waals surface area contributed by atoms with Gasteiger partial charge in [0.2, 0.25) is 0 Å². The quantitative estimate of drug-likeness (QED) is 0.648. The van der Waals surface area contributed by atoms with Gasteiger partial charge in [-0.3, -0.25) is 4.90 Å². The maximum Gasteiger partial charge on any atom is 0.0700 e. The van der Waals surface area contributed by atoms with Crippen LogP contribution in [0.3, 0.4) is 0 Å². The fraction of sp³-hybridized carbons (Fsp3) is 1.00. The number of hydrogen-bond acceptors (Lipinski definition) is 2. The zero-order valence-electron chi connectivity index (χ0n) is 14.2. The Morgan fingerprint density at radius 1 is 1.16 bits per heavy atom. The Labute approximate surface area is 122 Å². The van der Waals surface area contributed by atoms with Crippen molar-refractivity contribution in [2.75, 3.05) is 20.3 Å². The van der Waals surface area contributed by atoms with Crippen molar-refractivity contribution in [3.8, 4) is 0 Å². The van der Waals surface area contributed by atoms with Gasteiger partial charge in [0.25, 0.3) is 0 Å². The first-order chi connectivity index (χ1) is 9.02. The molecule has 0 aromatic rings. The SMILES string of the molecule is CC.[B]C(C)C(CC)C(CC)N(C)C1(CC)COC1. The Morgan fingerprint density at radius 2 is 1.68 bits per heavy atom. The van der Waals surface area contributed by atoms with Gasteiger partial charge in [-0.25, -0.2) is 0 Å². The lowest BCUT2D eigenvalue weighted by molar-refractivity contribution is -0.153. The van der Waals surface area contributed by atoms with E-state index in [4.69, 9.17) is 12.6 Å². The minimum Gasteiger partial charge on any atom is -0.377 e. The van der Waals surface area contributed by atoms with Gasteiger partial charge in [-0.05, 0) is 25.8 Å². The van der Waals surface area contributed by atoms with Crippen molar-refractivity contribution in [1.82, 2.24) is 4.90 Å². The van der Waals surface area contributed by atoms with Crippen molar-refractivity contribution in [2.45, 2.75) is 78.2 Å². The second-order valence-corrected chi connectivity index (χ2v) is 5.59. The van der Waals surface area contributed by atoms with Crippen molar-refractivity contribution < 1.29 is 4.74 Å². The molecule has 0 aromatic heterocycles. The van der Waals surface area contributed by atoms with Gasteiger partial charge in [0, 0.05) is 6.04 Å². The van der Waals surface area contributed by atoms with E-state index >= 15 is 0 Å². The predicted octanol–water partition coefficient (Wildman–Crippen LogP) is 3.91. The highest BCUT2D eigenvalue weighted by Gasteiger charge is 2.44. The molecule has 0 bridgehead atoms. The molecule has 112 valence electrons. The molecule has 3 unspecified atom stereocenters. The molecule has 1 aliphatic rings. The zero-order valence-corrected chi connectivity index (χ0v) is 14.2. The number of hydrogen-bond donors (Lipinski definition) is 0. The predicted molar refractivity (Wildman–Crippen MR) is 86.0 cm³/mol. The average molecular weight is 267 g/mol. The Morgan fingerprint density at radius 3 is 1.89 bits per heavy atom. The molecule has 1 heterocycles. The third-order valence-electron chi connectivity index (χ3n) is 4.70. The van der Waals surface area contributed by atoms with E-state index in [9.17, 15) is 0 Å². The van der Waals surface area contributed by atoms with Crippen LogP contribution < -0.4 is 0 Å². The fourth-order valence-electron chi connectivity index (χ4n) is 3.20. The highest BCUT2D eigenvalue weighted by atomic mass is 16.5. The lowest BCUT2D eigenvalue weighted by Gasteiger charge is -2.53. The largest absolute Gasteiger partial charge is 0.377 e. The van der Waals surface area contributed by atoms with Crippen LogP contribution in [0.25, 0.3) is 0 Å². The Hall–Kier alpha value is -0.0151. The molecule has 2 radical (unpaired) electrons. The highest BCUT2D eigenvalue weighted by molar-refractivity contribution is 6.11. The molecular formula is C16H34BNO. The Balaban J connectivity index is 0.00000154. The van der Waals surface area contributed by atoms with E-state index in [-0.39, 0.29) is 11.4 Å². The normalized spacial score (nSPS) is 21.9. The third-order valence-corrected chi connectivity index (χ3v) is 4.70. The van der Waals surface area contributed by atoms with Gasteiger partial charge in [0.1, 0.15) is 0 Å². The van der Waals surface area contributed by atoms with Crippen molar-refractivity contribution in [2.24, 2.45) is 5.92 Å². The summed E-state index contributed by atoms with van der Waals surface area (Å²) in [4.78, 5) is 2.55. The Bertz CT molecular complexity index is 223. The van der Waals surface area contributed by atoms with E-state index in [1.807, 2.05) is 13.8 Å². The van der Waals surface area contributed by atoms with Gasteiger partial charge in [-0.1, -0.05) is 53.8 Å². The van der Waals surface area contributed by atoms with Crippen LogP contribution >= 0.6 is 0 Å². The fourth-order valence-corrected chi connectivity index (χ4v) is 3.20. The molecule has 1 rings (SSSR count). The number of nitrogens with zero attached hydrogens (tertiary/aromatic N) is 1. The third kappa shape index (κ3) is 4.22. The van der Waals surface area contributed by atoms with Crippen LogP contribution in [0.4, 0.5) is 0 Å². The minimum atomic E-state index is 0.266. The number of ether oxygens (including phenoxy) is 1. The first-order valence-electron chi connectivity index (χ1n) is 8.08. The summed E-state index contributed by atoms with van der Waals surface area (Å²) in [5.74, 6) is 0.844. The van der Waals surface area contributed by atoms with E-state index in [0.29, 0.717) is 12.0 Å². The summed E-state index contributed by atoms with van der Waals surface area (Å²) in [6, 6.07) is 0.573. The van der Waals surface area contributed by atoms with E-state index < -0.39 is 0 Å². The Kier molecular flexibility index (Phi) is 9.01. The van der Waals surface area contributed by atoms with Crippen LogP contribution in [0, 0.1) is 5.92 Å². The molecule has 0 saturated carbocycles. The molecule has 0 amide bonds. The standard InChI is InChI=1S/C14H28BNO.C2H6/c1-6-12(11(4)15)13(7-2)16(5)14(8-3)9-17-10-14;1-2/h11-13H,6-10H2,1-5H3;1-2H3. The van der Waals surface area contributed by atoms with Gasteiger partial charge in [0.05, 0.1) is 26.6 Å². The molecule has 3 heteroatoms. The number of likely N-dealkylation sites (N-methyl/N-ethyl adjacent to an activating group) is 1. The van der Waals surface area contributed by atoms with Crippen molar-refractivity contribution in [1.29, 1.82) is 0 Å². The summed E-state index contributed by atoms with van der Waals surface area (Å²) >= 11 is 0. The molecule has 0 spiro atoms. The van der Waals surface area contributed by atoms with Gasteiger partial charge < -0.3 is 4.74 Å². The van der Waals surface area contributed by atoms with Crippen molar-refractivity contribution in [3.63, 3.8) is 0 Å². The van der Waals surface area contributed by atoms with Gasteiger partial charge in [-0.2, -0.15) is 0 Å². The first-order valence-corrected chi connectivity index (χ1v) is 8.08. The van der Waals surface area contributed by atoms with E-state index in [1.54, 1.807) is 0 Å². The molecule has 0 N–H and O–H groups in total. The molecule has 2 nitrogen and oxygen atoms in total. The summed E-state index contributed by atoms with van der Waals surface area (Å²) in [6.45, 7) is 14.7. The lowest BCUT2D eigenvalue weighted by Crippen LogP contribution is -2.64. The van der Waals surface area contributed by atoms with Crippen LogP contribution in [0.1, 0.15) is 60.8 Å². The van der Waals surface area contributed by atoms with E-state index in [1.165, 1.54) is 0 Å². The molecule has 3 atom stereocenters. The maximum atomic E-state index is 6.15. The smallest absolute Gasteiger partial charge is 0.0700 e.